The minimum absolute atomic E-state index is 0.0307. The van der Waals surface area contributed by atoms with Crippen LogP contribution in [-0.4, -0.2) is 34.2 Å². The van der Waals surface area contributed by atoms with Crippen molar-refractivity contribution in [1.82, 2.24) is 0 Å². The molecule has 0 bridgehead atoms. The molecule has 5 aliphatic rings. The Labute approximate surface area is 221 Å². The van der Waals surface area contributed by atoms with Crippen molar-refractivity contribution in [2.45, 2.75) is 102 Å². The molecular formula is C31H45NO3S. The molecule has 1 aromatic rings. The van der Waals surface area contributed by atoms with Crippen molar-refractivity contribution in [2.24, 2.45) is 46.3 Å². The third-order valence-corrected chi connectivity index (χ3v) is 13.2. The summed E-state index contributed by atoms with van der Waals surface area (Å²) in [7, 11) is 0. The predicted octanol–water partition coefficient (Wildman–Crippen LogP) is 6.49. The van der Waals surface area contributed by atoms with Crippen LogP contribution in [0.3, 0.4) is 0 Å². The molecule has 4 aliphatic carbocycles. The first kappa shape index (κ1) is 25.2. The lowest BCUT2D eigenvalue weighted by Gasteiger charge is -2.62. The van der Waals surface area contributed by atoms with E-state index in [1.807, 2.05) is 17.0 Å². The largest absolute Gasteiger partial charge is 0.393 e. The van der Waals surface area contributed by atoms with E-state index in [0.29, 0.717) is 41.9 Å². The second kappa shape index (κ2) is 9.31. The molecule has 0 aromatic heterocycles. The Morgan fingerprint density at radius 2 is 1.89 bits per heavy atom. The first-order valence-electron chi connectivity index (χ1n) is 14.6. The zero-order valence-corrected chi connectivity index (χ0v) is 23.2. The number of amides is 1. The number of hydrogen-bond acceptors (Lipinski definition) is 4. The van der Waals surface area contributed by atoms with E-state index < -0.39 is 0 Å². The van der Waals surface area contributed by atoms with E-state index in [1.165, 1.54) is 30.6 Å². The maximum Gasteiger partial charge on any atom is 0.227 e. The number of fused-ring (bicyclic) bond motifs is 6. The minimum Gasteiger partial charge on any atom is -0.393 e. The van der Waals surface area contributed by atoms with Crippen LogP contribution >= 0.6 is 11.8 Å². The fraction of sp³-hybridized carbons (Fsp3) is 0.774. The van der Waals surface area contributed by atoms with Crippen molar-refractivity contribution in [1.29, 1.82) is 0 Å². The molecule has 1 amide bonds. The number of nitrogens with zero attached hydrogens (tertiary/aromatic N) is 1. The van der Waals surface area contributed by atoms with Gasteiger partial charge in [-0.15, -0.1) is 11.8 Å². The van der Waals surface area contributed by atoms with Gasteiger partial charge in [0.25, 0.3) is 0 Å². The van der Waals surface area contributed by atoms with Gasteiger partial charge in [0.15, 0.2) is 0 Å². The first-order valence-corrected chi connectivity index (χ1v) is 15.6. The van der Waals surface area contributed by atoms with Gasteiger partial charge in [-0.25, -0.2) is 0 Å². The van der Waals surface area contributed by atoms with Crippen molar-refractivity contribution in [3.05, 3.63) is 24.3 Å². The molecule has 1 aromatic carbocycles. The average molecular weight is 512 g/mol. The quantitative estimate of drug-likeness (QED) is 0.485. The lowest BCUT2D eigenvalue weighted by molar-refractivity contribution is -0.174. The summed E-state index contributed by atoms with van der Waals surface area (Å²) in [5.41, 5.74) is 1.32. The lowest BCUT2D eigenvalue weighted by Crippen LogP contribution is -2.58. The summed E-state index contributed by atoms with van der Waals surface area (Å²) in [5.74, 6) is 4.44. The van der Waals surface area contributed by atoms with Crippen LogP contribution in [0.1, 0.15) is 85.0 Å². The summed E-state index contributed by atoms with van der Waals surface area (Å²) in [6.45, 7) is 7.24. The van der Waals surface area contributed by atoms with Crippen molar-refractivity contribution in [3.63, 3.8) is 0 Å². The summed E-state index contributed by atoms with van der Waals surface area (Å²) in [6.07, 6.45) is 10.0. The smallest absolute Gasteiger partial charge is 0.227 e. The molecule has 0 spiro atoms. The van der Waals surface area contributed by atoms with Crippen molar-refractivity contribution >= 4 is 23.4 Å². The molecule has 5 heteroatoms. The highest BCUT2D eigenvalue weighted by Crippen LogP contribution is 2.68. The number of aliphatic hydroxyl groups excluding tert-OH is 2. The predicted molar refractivity (Wildman–Crippen MR) is 146 cm³/mol. The number of anilines is 1. The molecule has 0 unspecified atom stereocenters. The first-order chi connectivity index (χ1) is 17.2. The van der Waals surface area contributed by atoms with Crippen LogP contribution in [0.25, 0.3) is 0 Å². The van der Waals surface area contributed by atoms with Crippen molar-refractivity contribution in [3.8, 4) is 0 Å². The van der Waals surface area contributed by atoms with Crippen LogP contribution in [0, 0.1) is 46.3 Å². The highest BCUT2D eigenvalue weighted by atomic mass is 32.2. The van der Waals surface area contributed by atoms with Gasteiger partial charge in [-0.05, 0) is 116 Å². The van der Waals surface area contributed by atoms with Gasteiger partial charge in [0.05, 0.1) is 23.8 Å². The number of carbonyl (C=O) groups is 1. The summed E-state index contributed by atoms with van der Waals surface area (Å²) in [4.78, 5) is 16.4. The Morgan fingerprint density at radius 1 is 1.08 bits per heavy atom. The topological polar surface area (TPSA) is 60.8 Å². The number of para-hydroxylation sites is 1. The standard InChI is InChI=1S/C31H45NO3S/c1-19(8-13-29(35)32-18-36-27-7-5-4-6-26(27)32)23-11-12-24-22-10-9-20-16-21(33)14-15-30(20,2)25(22)17-28(34)31(23,24)3/h4-7,19-25,28,33-34H,8-18H2,1-3H3/t19-,20-,21-,22+,23-,24+,25+,28+,30+,31-/m1/s1. The van der Waals surface area contributed by atoms with Crippen LogP contribution in [0.2, 0.25) is 0 Å². The molecule has 6 rings (SSSR count). The van der Waals surface area contributed by atoms with Crippen molar-refractivity contribution < 1.29 is 15.0 Å². The van der Waals surface area contributed by atoms with E-state index >= 15 is 0 Å². The number of aliphatic hydroxyl groups is 2. The average Bonchev–Trinajstić information content (AvgIpc) is 3.46. The highest BCUT2D eigenvalue weighted by molar-refractivity contribution is 8.00. The Balaban J connectivity index is 1.14. The van der Waals surface area contributed by atoms with Gasteiger partial charge in [0.2, 0.25) is 5.91 Å². The maximum absolute atomic E-state index is 13.2. The van der Waals surface area contributed by atoms with Gasteiger partial charge in [0.1, 0.15) is 0 Å². The second-order valence-electron chi connectivity index (χ2n) is 13.5. The lowest BCUT2D eigenvalue weighted by atomic mass is 9.43. The third-order valence-electron chi connectivity index (χ3n) is 12.1. The van der Waals surface area contributed by atoms with Crippen LogP contribution in [-0.2, 0) is 4.79 Å². The summed E-state index contributed by atoms with van der Waals surface area (Å²) in [5, 5.41) is 22.1. The normalized spacial score (nSPS) is 44.4. The Morgan fingerprint density at radius 3 is 2.72 bits per heavy atom. The van der Waals surface area contributed by atoms with Gasteiger partial charge in [-0.3, -0.25) is 4.79 Å². The number of hydrogen-bond donors (Lipinski definition) is 2. The van der Waals surface area contributed by atoms with E-state index in [0.717, 1.165) is 43.7 Å². The maximum atomic E-state index is 13.2. The molecular weight excluding hydrogens is 466 g/mol. The SMILES string of the molecule is C[C@H](CCC(=O)N1CSc2ccccc21)[C@H]1CC[C@H]2[C@@H]3CC[C@@H]4C[C@H](O)CC[C@]4(C)[C@H]3C[C@H](O)[C@]12C. The monoisotopic (exact) mass is 511 g/mol. The molecule has 2 N–H and O–H groups in total. The van der Waals surface area contributed by atoms with Crippen LogP contribution < -0.4 is 4.90 Å². The molecule has 4 saturated carbocycles. The molecule has 0 radical (unpaired) electrons. The summed E-state index contributed by atoms with van der Waals surface area (Å²) >= 11 is 1.75. The highest BCUT2D eigenvalue weighted by Gasteiger charge is 2.63. The molecule has 10 atom stereocenters. The molecule has 1 aliphatic heterocycles. The number of rotatable bonds is 4. The fourth-order valence-corrected chi connectivity index (χ4v) is 11.1. The molecule has 1 heterocycles. The number of carbonyl (C=O) groups excluding carboxylic acids is 1. The van der Waals surface area contributed by atoms with E-state index in [4.69, 9.17) is 0 Å². The Hall–Kier alpha value is -1.04. The van der Waals surface area contributed by atoms with Crippen molar-refractivity contribution in [2.75, 3.05) is 10.8 Å². The van der Waals surface area contributed by atoms with Gasteiger partial charge in [0, 0.05) is 11.3 Å². The molecule has 198 valence electrons. The van der Waals surface area contributed by atoms with Gasteiger partial charge in [-0.2, -0.15) is 0 Å². The summed E-state index contributed by atoms with van der Waals surface area (Å²) in [6, 6.07) is 8.24. The van der Waals surface area contributed by atoms with Crippen LogP contribution in [0.4, 0.5) is 5.69 Å². The zero-order chi connectivity index (χ0) is 25.2. The van der Waals surface area contributed by atoms with E-state index in [2.05, 4.69) is 32.9 Å². The number of benzene rings is 1. The van der Waals surface area contributed by atoms with Crippen LogP contribution in [0.5, 0.6) is 0 Å². The molecule has 0 saturated heterocycles. The minimum atomic E-state index is -0.251. The summed E-state index contributed by atoms with van der Waals surface area (Å²) < 4.78 is 0. The van der Waals surface area contributed by atoms with E-state index in [9.17, 15) is 15.0 Å². The zero-order valence-electron chi connectivity index (χ0n) is 22.4. The Bertz CT molecular complexity index is 1000. The third kappa shape index (κ3) is 3.81. The Kier molecular flexibility index (Phi) is 6.53. The molecule has 36 heavy (non-hydrogen) atoms. The molecule has 4 fully saturated rings. The van der Waals surface area contributed by atoms with E-state index in [-0.39, 0.29) is 28.9 Å². The van der Waals surface area contributed by atoms with Gasteiger partial charge in [-0.1, -0.05) is 32.9 Å². The fourth-order valence-electron chi connectivity index (χ4n) is 10.1. The van der Waals surface area contributed by atoms with Crippen LogP contribution in [0.15, 0.2) is 29.2 Å². The number of thioether (sulfide) groups is 1. The van der Waals surface area contributed by atoms with E-state index in [1.54, 1.807) is 11.8 Å². The second-order valence-corrected chi connectivity index (χ2v) is 14.5. The molecule has 4 nitrogen and oxygen atoms in total. The van der Waals surface area contributed by atoms with Gasteiger partial charge >= 0.3 is 0 Å². The van der Waals surface area contributed by atoms with Gasteiger partial charge < -0.3 is 15.1 Å².